The van der Waals surface area contributed by atoms with Gasteiger partial charge in [0.15, 0.2) is 0 Å². The van der Waals surface area contributed by atoms with Crippen LogP contribution in [-0.4, -0.2) is 15.7 Å². The van der Waals surface area contributed by atoms with Crippen LogP contribution in [0.4, 0.5) is 0 Å². The number of aromatic nitrogens is 2. The number of benzene rings is 4. The van der Waals surface area contributed by atoms with E-state index in [1.54, 1.807) is 28.9 Å². The number of halogens is 2. The largest absolute Gasteiger partial charge is 0.340 e. The molecule has 0 unspecified atom stereocenters. The van der Waals surface area contributed by atoms with Crippen LogP contribution in [0.5, 0.6) is 0 Å². The van der Waals surface area contributed by atoms with Crippen LogP contribution < -0.4 is 5.32 Å². The van der Waals surface area contributed by atoms with E-state index in [0.29, 0.717) is 27.1 Å². The van der Waals surface area contributed by atoms with Crippen molar-refractivity contribution in [2.45, 2.75) is 6.04 Å². The van der Waals surface area contributed by atoms with E-state index in [0.717, 1.165) is 16.7 Å². The van der Waals surface area contributed by atoms with Gasteiger partial charge in [0.25, 0.3) is 5.91 Å². The highest BCUT2D eigenvalue weighted by Crippen LogP contribution is 2.29. The topological polar surface area (TPSA) is 46.9 Å². The maximum Gasteiger partial charge on any atom is 0.270 e. The zero-order valence-electron chi connectivity index (χ0n) is 18.6. The minimum absolute atomic E-state index is 0.261. The van der Waals surface area contributed by atoms with Crippen LogP contribution in [0.1, 0.15) is 27.7 Å². The van der Waals surface area contributed by atoms with Crippen LogP contribution in [0.25, 0.3) is 16.9 Å². The van der Waals surface area contributed by atoms with Gasteiger partial charge < -0.3 is 5.32 Å². The maximum atomic E-state index is 13.8. The lowest BCUT2D eigenvalue weighted by Gasteiger charge is -2.20. The monoisotopic (exact) mass is 497 g/mol. The molecule has 1 amide bonds. The van der Waals surface area contributed by atoms with Gasteiger partial charge in [0.05, 0.1) is 22.4 Å². The fraction of sp³-hybridized carbons (Fsp3) is 0.0345. The zero-order valence-corrected chi connectivity index (χ0v) is 20.1. The third-order valence-electron chi connectivity index (χ3n) is 5.70. The molecule has 4 aromatic carbocycles. The highest BCUT2D eigenvalue weighted by Gasteiger charge is 2.23. The number of carbonyl (C=O) groups excluding carboxylic acids is 1. The van der Waals surface area contributed by atoms with E-state index in [9.17, 15) is 4.79 Å². The number of nitrogens with zero attached hydrogens (tertiary/aromatic N) is 2. The Morgan fingerprint density at radius 2 is 1.31 bits per heavy atom. The van der Waals surface area contributed by atoms with Crippen LogP contribution >= 0.6 is 23.2 Å². The van der Waals surface area contributed by atoms with Crippen molar-refractivity contribution in [2.24, 2.45) is 0 Å². The SMILES string of the molecule is O=C(NC(c1ccccc1)c1ccccc1)c1cc(-c2ccccc2Cl)nn1-c1ccc(Cl)cc1. The molecule has 1 N–H and O–H groups in total. The van der Waals surface area contributed by atoms with Gasteiger partial charge in [0.2, 0.25) is 0 Å². The first-order chi connectivity index (χ1) is 17.1. The van der Waals surface area contributed by atoms with Crippen molar-refractivity contribution >= 4 is 29.1 Å². The second kappa shape index (κ2) is 10.2. The fourth-order valence-corrected chi connectivity index (χ4v) is 4.34. The van der Waals surface area contributed by atoms with E-state index in [4.69, 9.17) is 28.3 Å². The van der Waals surface area contributed by atoms with E-state index in [1.165, 1.54) is 0 Å². The molecule has 0 fully saturated rings. The smallest absolute Gasteiger partial charge is 0.270 e. The zero-order chi connectivity index (χ0) is 24.2. The average Bonchev–Trinajstić information content (AvgIpc) is 3.34. The summed E-state index contributed by atoms with van der Waals surface area (Å²) in [5.74, 6) is -0.261. The molecule has 0 aliphatic carbocycles. The fourth-order valence-electron chi connectivity index (χ4n) is 3.98. The van der Waals surface area contributed by atoms with Crippen molar-refractivity contribution in [1.82, 2.24) is 15.1 Å². The van der Waals surface area contributed by atoms with Gasteiger partial charge in [-0.1, -0.05) is 102 Å². The van der Waals surface area contributed by atoms with Gasteiger partial charge in [0.1, 0.15) is 5.69 Å². The third-order valence-corrected chi connectivity index (χ3v) is 6.29. The first kappa shape index (κ1) is 22.9. The molecule has 0 aliphatic rings. The average molecular weight is 498 g/mol. The molecular formula is C29H21Cl2N3O. The summed E-state index contributed by atoms with van der Waals surface area (Å²) in [6.45, 7) is 0. The molecule has 0 aliphatic heterocycles. The van der Waals surface area contributed by atoms with Crippen molar-refractivity contribution in [2.75, 3.05) is 0 Å². The van der Waals surface area contributed by atoms with Crippen molar-refractivity contribution in [3.05, 3.63) is 142 Å². The Balaban J connectivity index is 1.58. The molecule has 1 aromatic heterocycles. The molecule has 0 bridgehead atoms. The van der Waals surface area contributed by atoms with Gasteiger partial charge in [-0.2, -0.15) is 5.10 Å². The van der Waals surface area contributed by atoms with Crippen LogP contribution in [0.15, 0.2) is 115 Å². The Kier molecular flexibility index (Phi) is 6.66. The Morgan fingerprint density at radius 1 is 0.743 bits per heavy atom. The summed E-state index contributed by atoms with van der Waals surface area (Å²) in [4.78, 5) is 13.8. The lowest BCUT2D eigenvalue weighted by molar-refractivity contribution is 0.0935. The molecule has 172 valence electrons. The van der Waals surface area contributed by atoms with E-state index in [-0.39, 0.29) is 11.9 Å². The minimum atomic E-state index is -0.331. The first-order valence-electron chi connectivity index (χ1n) is 11.1. The molecule has 0 atom stereocenters. The van der Waals surface area contributed by atoms with Crippen molar-refractivity contribution in [3.63, 3.8) is 0 Å². The normalized spacial score (nSPS) is 10.9. The number of rotatable bonds is 6. The van der Waals surface area contributed by atoms with Crippen LogP contribution in [0.2, 0.25) is 10.0 Å². The highest BCUT2D eigenvalue weighted by atomic mass is 35.5. The summed E-state index contributed by atoms with van der Waals surface area (Å²) in [5.41, 5.74) is 4.42. The molecule has 1 heterocycles. The molecule has 0 saturated carbocycles. The Labute approximate surface area is 213 Å². The summed E-state index contributed by atoms with van der Waals surface area (Å²) in [6, 6.07) is 35.8. The molecule has 6 heteroatoms. The molecule has 35 heavy (non-hydrogen) atoms. The lowest BCUT2D eigenvalue weighted by atomic mass is 9.98. The first-order valence-corrected chi connectivity index (χ1v) is 11.9. The molecule has 0 saturated heterocycles. The Morgan fingerprint density at radius 3 is 1.91 bits per heavy atom. The molecule has 5 aromatic rings. The number of nitrogens with one attached hydrogen (secondary N) is 1. The molecule has 0 radical (unpaired) electrons. The van der Waals surface area contributed by atoms with E-state index < -0.39 is 0 Å². The number of hydrogen-bond acceptors (Lipinski definition) is 2. The van der Waals surface area contributed by atoms with E-state index in [1.807, 2.05) is 91.0 Å². The summed E-state index contributed by atoms with van der Waals surface area (Å²) in [5, 5.41) is 9.12. The van der Waals surface area contributed by atoms with Gasteiger partial charge in [-0.05, 0) is 47.5 Å². The van der Waals surface area contributed by atoms with Crippen LogP contribution in [-0.2, 0) is 0 Å². The van der Waals surface area contributed by atoms with Gasteiger partial charge in [-0.3, -0.25) is 4.79 Å². The predicted octanol–water partition coefficient (Wildman–Crippen LogP) is 7.37. The van der Waals surface area contributed by atoms with Gasteiger partial charge >= 0.3 is 0 Å². The minimum Gasteiger partial charge on any atom is -0.340 e. The summed E-state index contributed by atoms with van der Waals surface area (Å²) in [6.07, 6.45) is 0. The number of carbonyl (C=O) groups is 1. The van der Waals surface area contributed by atoms with Crippen LogP contribution in [0.3, 0.4) is 0 Å². The highest BCUT2D eigenvalue weighted by molar-refractivity contribution is 6.33. The lowest BCUT2D eigenvalue weighted by Crippen LogP contribution is -2.31. The quantitative estimate of drug-likeness (QED) is 0.266. The van der Waals surface area contributed by atoms with Crippen molar-refractivity contribution in [1.29, 1.82) is 0 Å². The second-order valence-corrected chi connectivity index (χ2v) is 8.85. The van der Waals surface area contributed by atoms with E-state index in [2.05, 4.69) is 5.32 Å². The van der Waals surface area contributed by atoms with Crippen molar-refractivity contribution < 1.29 is 4.79 Å². The molecule has 0 spiro atoms. The summed E-state index contributed by atoms with van der Waals surface area (Å²) >= 11 is 12.5. The van der Waals surface area contributed by atoms with Crippen molar-refractivity contribution in [3.8, 4) is 16.9 Å². The van der Waals surface area contributed by atoms with Crippen LogP contribution in [0, 0.1) is 0 Å². The van der Waals surface area contributed by atoms with Gasteiger partial charge in [-0.15, -0.1) is 0 Å². The van der Waals surface area contributed by atoms with Gasteiger partial charge in [-0.25, -0.2) is 4.68 Å². The standard InChI is InChI=1S/C29H21Cl2N3O/c30-22-15-17-23(18-16-22)34-27(19-26(33-34)24-13-7-8-14-25(24)31)29(35)32-28(20-9-3-1-4-10-20)21-11-5-2-6-12-21/h1-19,28H,(H,32,35). The summed E-state index contributed by atoms with van der Waals surface area (Å²) in [7, 11) is 0. The summed E-state index contributed by atoms with van der Waals surface area (Å²) < 4.78 is 1.62. The predicted molar refractivity (Wildman–Crippen MR) is 141 cm³/mol. The molecule has 4 nitrogen and oxygen atoms in total. The molecular weight excluding hydrogens is 477 g/mol. The Bertz CT molecular complexity index is 1410. The third kappa shape index (κ3) is 4.99. The van der Waals surface area contributed by atoms with E-state index >= 15 is 0 Å². The number of hydrogen-bond donors (Lipinski definition) is 1. The van der Waals surface area contributed by atoms with Gasteiger partial charge in [0, 0.05) is 10.6 Å². The Hall–Kier alpha value is -3.86. The molecule has 5 rings (SSSR count). The second-order valence-electron chi connectivity index (χ2n) is 8.01. The maximum absolute atomic E-state index is 13.8. The number of amides is 1.